The van der Waals surface area contributed by atoms with Crippen LogP contribution in [0.4, 0.5) is 0 Å². The zero-order chi connectivity index (χ0) is 16.2. The van der Waals surface area contributed by atoms with Crippen molar-refractivity contribution in [2.24, 2.45) is 4.99 Å². The van der Waals surface area contributed by atoms with Crippen LogP contribution in [-0.4, -0.2) is 43.9 Å². The molecule has 2 saturated heterocycles. The number of aliphatic imine (C=N–C) groups is 1. The molecule has 4 atom stereocenters. The zero-order valence-corrected chi connectivity index (χ0v) is 14.3. The number of hydrogen-bond acceptors (Lipinski definition) is 3. The molecule has 2 N–H and O–H groups in total. The van der Waals surface area contributed by atoms with Crippen LogP contribution >= 0.6 is 11.6 Å². The van der Waals surface area contributed by atoms with E-state index in [-0.39, 0.29) is 6.10 Å². The van der Waals surface area contributed by atoms with Gasteiger partial charge in [-0.3, -0.25) is 4.99 Å². The third-order valence-electron chi connectivity index (χ3n) is 4.34. The molecule has 2 bridgehead atoms. The SMILES string of the molecule is CN=C(NCC(C)Oc1cccc(Cl)c1)NC1CC2CCC1O2. The average molecular weight is 338 g/mol. The van der Waals surface area contributed by atoms with Gasteiger partial charge in [0.1, 0.15) is 11.9 Å². The number of benzene rings is 1. The van der Waals surface area contributed by atoms with Crippen molar-refractivity contribution in [3.05, 3.63) is 29.3 Å². The predicted molar refractivity (Wildman–Crippen MR) is 92.3 cm³/mol. The van der Waals surface area contributed by atoms with E-state index in [1.165, 1.54) is 6.42 Å². The molecule has 0 aromatic heterocycles. The van der Waals surface area contributed by atoms with E-state index in [2.05, 4.69) is 15.6 Å². The summed E-state index contributed by atoms with van der Waals surface area (Å²) in [6.45, 7) is 2.68. The second-order valence-corrected chi connectivity index (χ2v) is 6.64. The first kappa shape index (κ1) is 16.4. The van der Waals surface area contributed by atoms with Crippen LogP contribution in [0.3, 0.4) is 0 Å². The topological polar surface area (TPSA) is 54.9 Å². The van der Waals surface area contributed by atoms with Crippen molar-refractivity contribution in [3.8, 4) is 5.75 Å². The zero-order valence-electron chi connectivity index (χ0n) is 13.6. The predicted octanol–water partition coefficient (Wildman–Crippen LogP) is 2.59. The lowest BCUT2D eigenvalue weighted by Gasteiger charge is -2.23. The quantitative estimate of drug-likeness (QED) is 0.640. The number of halogens is 1. The molecular formula is C17H24ClN3O2. The molecule has 0 spiro atoms. The third-order valence-corrected chi connectivity index (χ3v) is 4.58. The summed E-state index contributed by atoms with van der Waals surface area (Å²) in [6, 6.07) is 7.80. The van der Waals surface area contributed by atoms with Gasteiger partial charge in [0, 0.05) is 12.1 Å². The number of fused-ring (bicyclic) bond motifs is 2. The summed E-state index contributed by atoms with van der Waals surface area (Å²) in [5.74, 6) is 1.57. The Kier molecular flexibility index (Phi) is 5.28. The first-order valence-electron chi connectivity index (χ1n) is 8.19. The van der Waals surface area contributed by atoms with Crippen LogP contribution < -0.4 is 15.4 Å². The summed E-state index contributed by atoms with van der Waals surface area (Å²) in [7, 11) is 1.78. The Hall–Kier alpha value is -1.46. The lowest BCUT2D eigenvalue weighted by atomic mass is 9.96. The molecule has 126 valence electrons. The van der Waals surface area contributed by atoms with Crippen LogP contribution in [0.25, 0.3) is 0 Å². The summed E-state index contributed by atoms with van der Waals surface area (Å²) in [4.78, 5) is 4.29. The van der Waals surface area contributed by atoms with Gasteiger partial charge < -0.3 is 20.1 Å². The molecule has 0 radical (unpaired) electrons. The van der Waals surface area contributed by atoms with E-state index < -0.39 is 0 Å². The largest absolute Gasteiger partial charge is 0.489 e. The van der Waals surface area contributed by atoms with Crippen LogP contribution in [0.1, 0.15) is 26.2 Å². The fourth-order valence-electron chi connectivity index (χ4n) is 3.21. The van der Waals surface area contributed by atoms with E-state index in [1.807, 2.05) is 31.2 Å². The maximum atomic E-state index is 5.97. The molecule has 2 fully saturated rings. The fraction of sp³-hybridized carbons (Fsp3) is 0.588. The summed E-state index contributed by atoms with van der Waals surface area (Å²) in [5, 5.41) is 7.46. The van der Waals surface area contributed by atoms with Crippen molar-refractivity contribution in [2.75, 3.05) is 13.6 Å². The molecule has 5 nitrogen and oxygen atoms in total. The van der Waals surface area contributed by atoms with Crippen molar-refractivity contribution >= 4 is 17.6 Å². The molecule has 0 aliphatic carbocycles. The normalized spacial score (nSPS) is 27.8. The minimum Gasteiger partial charge on any atom is -0.489 e. The minimum atomic E-state index is 0.00305. The van der Waals surface area contributed by atoms with Crippen LogP contribution in [0.15, 0.2) is 29.3 Å². The van der Waals surface area contributed by atoms with Gasteiger partial charge in [0.2, 0.25) is 0 Å². The standard InChI is InChI=1S/C17H24ClN3O2/c1-11(22-13-5-3-4-12(18)8-13)10-20-17(19-2)21-15-9-14-6-7-16(15)23-14/h3-5,8,11,14-16H,6-7,9-10H2,1-2H3,(H2,19,20,21). The van der Waals surface area contributed by atoms with E-state index in [1.54, 1.807) is 7.05 Å². The van der Waals surface area contributed by atoms with Crippen LogP contribution in [0, 0.1) is 0 Å². The van der Waals surface area contributed by atoms with Gasteiger partial charge in [-0.15, -0.1) is 0 Å². The van der Waals surface area contributed by atoms with Gasteiger partial charge in [-0.05, 0) is 44.4 Å². The molecule has 3 rings (SSSR count). The Balaban J connectivity index is 1.44. The van der Waals surface area contributed by atoms with E-state index in [4.69, 9.17) is 21.1 Å². The maximum Gasteiger partial charge on any atom is 0.191 e. The molecule has 6 heteroatoms. The van der Waals surface area contributed by atoms with Gasteiger partial charge in [-0.2, -0.15) is 0 Å². The summed E-state index contributed by atoms with van der Waals surface area (Å²) in [6.07, 6.45) is 4.18. The fourth-order valence-corrected chi connectivity index (χ4v) is 3.39. The van der Waals surface area contributed by atoms with Gasteiger partial charge in [-0.25, -0.2) is 0 Å². The third kappa shape index (κ3) is 4.30. The number of rotatable bonds is 5. The number of nitrogens with one attached hydrogen (secondary N) is 2. The maximum absolute atomic E-state index is 5.97. The minimum absolute atomic E-state index is 0.00305. The van der Waals surface area contributed by atoms with Crippen molar-refractivity contribution in [1.82, 2.24) is 10.6 Å². The number of hydrogen-bond donors (Lipinski definition) is 2. The Labute approximate surface area is 142 Å². The second-order valence-electron chi connectivity index (χ2n) is 6.20. The van der Waals surface area contributed by atoms with Gasteiger partial charge in [0.05, 0.1) is 24.8 Å². The van der Waals surface area contributed by atoms with Gasteiger partial charge in [0.25, 0.3) is 0 Å². The second kappa shape index (κ2) is 7.41. The number of ether oxygens (including phenoxy) is 2. The lowest BCUT2D eigenvalue weighted by Crippen LogP contribution is -2.49. The Morgan fingerprint density at radius 3 is 3.00 bits per heavy atom. The van der Waals surface area contributed by atoms with E-state index in [0.717, 1.165) is 24.6 Å². The Bertz CT molecular complexity index is 567. The highest BCUT2D eigenvalue weighted by atomic mass is 35.5. The Morgan fingerprint density at radius 2 is 2.35 bits per heavy atom. The van der Waals surface area contributed by atoms with E-state index in [9.17, 15) is 0 Å². The smallest absolute Gasteiger partial charge is 0.191 e. The highest BCUT2D eigenvalue weighted by Gasteiger charge is 2.41. The van der Waals surface area contributed by atoms with E-state index in [0.29, 0.717) is 29.8 Å². The van der Waals surface area contributed by atoms with Crippen LogP contribution in [-0.2, 0) is 4.74 Å². The monoisotopic (exact) mass is 337 g/mol. The van der Waals surface area contributed by atoms with E-state index >= 15 is 0 Å². The molecule has 1 aromatic carbocycles. The summed E-state index contributed by atoms with van der Waals surface area (Å²) >= 11 is 5.97. The lowest BCUT2D eigenvalue weighted by molar-refractivity contribution is 0.0992. The van der Waals surface area contributed by atoms with Crippen LogP contribution in [0.2, 0.25) is 5.02 Å². The first-order valence-corrected chi connectivity index (χ1v) is 8.56. The highest BCUT2D eigenvalue weighted by molar-refractivity contribution is 6.30. The molecule has 1 aromatic rings. The van der Waals surface area contributed by atoms with Crippen molar-refractivity contribution in [3.63, 3.8) is 0 Å². The molecule has 0 amide bonds. The molecule has 2 heterocycles. The number of nitrogens with zero attached hydrogens (tertiary/aromatic N) is 1. The molecule has 4 unspecified atom stereocenters. The van der Waals surface area contributed by atoms with Crippen molar-refractivity contribution in [2.45, 2.75) is 50.5 Å². The molecular weight excluding hydrogens is 314 g/mol. The van der Waals surface area contributed by atoms with Crippen molar-refractivity contribution in [1.29, 1.82) is 0 Å². The molecule has 2 aliphatic rings. The molecule has 0 saturated carbocycles. The van der Waals surface area contributed by atoms with Crippen molar-refractivity contribution < 1.29 is 9.47 Å². The van der Waals surface area contributed by atoms with Gasteiger partial charge >= 0.3 is 0 Å². The van der Waals surface area contributed by atoms with Gasteiger partial charge in [0.15, 0.2) is 5.96 Å². The highest BCUT2D eigenvalue weighted by Crippen LogP contribution is 2.34. The first-order chi connectivity index (χ1) is 11.1. The van der Waals surface area contributed by atoms with Crippen LogP contribution in [0.5, 0.6) is 5.75 Å². The number of guanidine groups is 1. The Morgan fingerprint density at radius 1 is 1.48 bits per heavy atom. The summed E-state index contributed by atoms with van der Waals surface area (Å²) < 4.78 is 11.7. The average Bonchev–Trinajstić information content (AvgIpc) is 3.14. The van der Waals surface area contributed by atoms with Gasteiger partial charge in [-0.1, -0.05) is 17.7 Å². The molecule has 23 heavy (non-hydrogen) atoms. The molecule has 2 aliphatic heterocycles. The summed E-state index contributed by atoms with van der Waals surface area (Å²) in [5.41, 5.74) is 0.